The zero-order valence-corrected chi connectivity index (χ0v) is 26.0. The van der Waals surface area contributed by atoms with Gasteiger partial charge in [0.15, 0.2) is 0 Å². The van der Waals surface area contributed by atoms with Gasteiger partial charge in [-0.05, 0) is 60.7 Å². The van der Waals surface area contributed by atoms with Crippen LogP contribution in [0.5, 0.6) is 0 Å². The van der Waals surface area contributed by atoms with E-state index in [-0.39, 0.29) is 0 Å². The molecule has 0 bridgehead atoms. The molecule has 218 valence electrons. The Morgan fingerprint density at radius 2 is 1.21 bits per heavy atom. The monoisotopic (exact) mass is 615 g/mol. The van der Waals surface area contributed by atoms with Crippen molar-refractivity contribution >= 4 is 75.3 Å². The van der Waals surface area contributed by atoms with Crippen molar-refractivity contribution in [3.63, 3.8) is 0 Å². The zero-order chi connectivity index (χ0) is 30.9. The number of rotatable bonds is 2. The van der Waals surface area contributed by atoms with E-state index >= 15 is 0 Å². The molecular formula is C44H25NOS. The standard InChI is InChI=1S/C44H25NOS/c1-2-11-30(12-3-1)45-39-18-7-4-13-31(39)37-25-28(22-24-40(37)45)21-23-29-26-38-33-15-6-9-20-42(33)47-43(38)27-36(29)35-17-10-16-34-32-14-5-8-19-41(32)46-44(34)35/h1-20,22,24-27H. The molecule has 0 saturated carbocycles. The van der Waals surface area contributed by atoms with Crippen LogP contribution in [0.4, 0.5) is 0 Å². The van der Waals surface area contributed by atoms with Crippen molar-refractivity contribution in [2.75, 3.05) is 0 Å². The molecule has 0 atom stereocenters. The fraction of sp³-hybridized carbons (Fsp3) is 0. The molecule has 0 N–H and O–H groups in total. The minimum atomic E-state index is 0.896. The number of nitrogens with zero attached hydrogens (tertiary/aromatic N) is 1. The van der Waals surface area contributed by atoms with Crippen molar-refractivity contribution in [1.29, 1.82) is 0 Å². The molecule has 47 heavy (non-hydrogen) atoms. The van der Waals surface area contributed by atoms with Crippen LogP contribution in [0.1, 0.15) is 11.1 Å². The Hall–Kier alpha value is -6.08. The lowest BCUT2D eigenvalue weighted by Crippen LogP contribution is -1.92. The quantitative estimate of drug-likeness (QED) is 0.177. The average molecular weight is 616 g/mol. The van der Waals surface area contributed by atoms with Crippen molar-refractivity contribution in [2.45, 2.75) is 0 Å². The van der Waals surface area contributed by atoms with Crippen LogP contribution in [0, 0.1) is 11.8 Å². The Labute approximate surface area is 274 Å². The molecule has 10 rings (SSSR count). The van der Waals surface area contributed by atoms with Gasteiger partial charge in [-0.25, -0.2) is 0 Å². The highest BCUT2D eigenvalue weighted by Gasteiger charge is 2.17. The molecule has 0 spiro atoms. The lowest BCUT2D eigenvalue weighted by Gasteiger charge is -2.08. The smallest absolute Gasteiger partial charge is 0.143 e. The molecule has 7 aromatic carbocycles. The van der Waals surface area contributed by atoms with Crippen LogP contribution >= 0.6 is 11.3 Å². The zero-order valence-electron chi connectivity index (χ0n) is 25.2. The normalized spacial score (nSPS) is 11.7. The van der Waals surface area contributed by atoms with Crippen LogP contribution in [0.2, 0.25) is 0 Å². The predicted molar refractivity (Wildman–Crippen MR) is 199 cm³/mol. The van der Waals surface area contributed by atoms with Gasteiger partial charge in [-0.2, -0.15) is 0 Å². The highest BCUT2D eigenvalue weighted by molar-refractivity contribution is 7.25. The topological polar surface area (TPSA) is 18.1 Å². The Morgan fingerprint density at radius 3 is 2.13 bits per heavy atom. The lowest BCUT2D eigenvalue weighted by molar-refractivity contribution is 0.670. The first-order valence-electron chi connectivity index (χ1n) is 15.8. The highest BCUT2D eigenvalue weighted by Crippen LogP contribution is 2.42. The minimum absolute atomic E-state index is 0.896. The van der Waals surface area contributed by atoms with E-state index in [1.54, 1.807) is 0 Å². The number of thiophene rings is 1. The summed E-state index contributed by atoms with van der Waals surface area (Å²) in [5, 5.41) is 7.16. The average Bonchev–Trinajstić information content (AvgIpc) is 3.80. The number of fused-ring (bicyclic) bond motifs is 9. The van der Waals surface area contributed by atoms with Crippen molar-refractivity contribution in [1.82, 2.24) is 4.57 Å². The Kier molecular flexibility index (Phi) is 5.69. The number of furan rings is 1. The molecule has 0 saturated heterocycles. The van der Waals surface area contributed by atoms with Gasteiger partial charge in [-0.15, -0.1) is 11.3 Å². The summed E-state index contributed by atoms with van der Waals surface area (Å²) in [6.07, 6.45) is 0. The predicted octanol–water partition coefficient (Wildman–Crippen LogP) is 12.1. The summed E-state index contributed by atoms with van der Waals surface area (Å²) in [7, 11) is 0. The minimum Gasteiger partial charge on any atom is -0.455 e. The van der Waals surface area contributed by atoms with Gasteiger partial charge in [-0.1, -0.05) is 103 Å². The second-order valence-electron chi connectivity index (χ2n) is 11.9. The van der Waals surface area contributed by atoms with E-state index in [2.05, 4.69) is 156 Å². The van der Waals surface area contributed by atoms with E-state index in [1.165, 1.54) is 42.0 Å². The van der Waals surface area contributed by atoms with Gasteiger partial charge in [0.05, 0.1) is 11.0 Å². The second-order valence-corrected chi connectivity index (χ2v) is 13.0. The van der Waals surface area contributed by atoms with E-state index in [9.17, 15) is 0 Å². The third-order valence-corrected chi connectivity index (χ3v) is 10.4. The van der Waals surface area contributed by atoms with E-state index < -0.39 is 0 Å². The Morgan fingerprint density at radius 1 is 0.468 bits per heavy atom. The van der Waals surface area contributed by atoms with Crippen molar-refractivity contribution in [3.05, 3.63) is 163 Å². The maximum atomic E-state index is 6.51. The largest absolute Gasteiger partial charge is 0.455 e. The van der Waals surface area contributed by atoms with Crippen LogP contribution in [-0.2, 0) is 0 Å². The first kappa shape index (κ1) is 26.2. The van der Waals surface area contributed by atoms with Crippen LogP contribution in [0.15, 0.2) is 156 Å². The van der Waals surface area contributed by atoms with Crippen LogP contribution < -0.4 is 0 Å². The molecule has 0 amide bonds. The molecular weight excluding hydrogens is 591 g/mol. The highest BCUT2D eigenvalue weighted by atomic mass is 32.1. The van der Waals surface area contributed by atoms with Gasteiger partial charge in [-0.3, -0.25) is 0 Å². The number of benzene rings is 7. The molecule has 3 heteroatoms. The number of para-hydroxylation sites is 4. The van der Waals surface area contributed by atoms with Crippen LogP contribution in [0.3, 0.4) is 0 Å². The molecule has 0 unspecified atom stereocenters. The van der Waals surface area contributed by atoms with Crippen molar-refractivity contribution in [2.24, 2.45) is 0 Å². The van der Waals surface area contributed by atoms with Gasteiger partial charge in [0.2, 0.25) is 0 Å². The molecule has 3 aromatic heterocycles. The van der Waals surface area contributed by atoms with Crippen LogP contribution in [-0.4, -0.2) is 4.57 Å². The fourth-order valence-electron chi connectivity index (χ4n) is 7.10. The van der Waals surface area contributed by atoms with Gasteiger partial charge >= 0.3 is 0 Å². The summed E-state index contributed by atoms with van der Waals surface area (Å²) in [6.45, 7) is 0. The van der Waals surface area contributed by atoms with Gasteiger partial charge in [0.25, 0.3) is 0 Å². The number of aromatic nitrogens is 1. The summed E-state index contributed by atoms with van der Waals surface area (Å²) in [5.41, 5.74) is 9.42. The summed E-state index contributed by atoms with van der Waals surface area (Å²) in [4.78, 5) is 0. The van der Waals surface area contributed by atoms with Gasteiger partial charge in [0, 0.05) is 69.7 Å². The molecule has 2 nitrogen and oxygen atoms in total. The fourth-order valence-corrected chi connectivity index (χ4v) is 8.23. The Bertz CT molecular complexity index is 2910. The molecule has 0 radical (unpaired) electrons. The van der Waals surface area contributed by atoms with Crippen molar-refractivity contribution in [3.8, 4) is 28.7 Å². The summed E-state index contributed by atoms with van der Waals surface area (Å²) < 4.78 is 11.4. The first-order valence-corrected chi connectivity index (χ1v) is 16.6. The third-order valence-electron chi connectivity index (χ3n) is 9.24. The lowest BCUT2D eigenvalue weighted by atomic mass is 9.95. The van der Waals surface area contributed by atoms with E-state index in [0.717, 1.165) is 49.9 Å². The molecule has 3 heterocycles. The van der Waals surface area contributed by atoms with E-state index in [0.29, 0.717) is 0 Å². The number of hydrogen-bond donors (Lipinski definition) is 0. The SMILES string of the molecule is C(#Cc1cc2c(cc1-c1cccc3c1oc1ccccc13)sc1ccccc12)c1ccc2c(c1)c1ccccc1n2-c1ccccc1. The molecule has 0 aliphatic rings. The molecule has 0 aliphatic heterocycles. The summed E-state index contributed by atoms with van der Waals surface area (Å²) in [5.74, 6) is 7.20. The maximum Gasteiger partial charge on any atom is 0.143 e. The van der Waals surface area contributed by atoms with E-state index in [1.807, 2.05) is 23.5 Å². The third kappa shape index (κ3) is 4.06. The second kappa shape index (κ2) is 10.2. The summed E-state index contributed by atoms with van der Waals surface area (Å²) in [6, 6.07) is 53.7. The molecule has 10 aromatic rings. The van der Waals surface area contributed by atoms with Crippen LogP contribution in [0.25, 0.3) is 80.7 Å². The van der Waals surface area contributed by atoms with Gasteiger partial charge < -0.3 is 8.98 Å². The van der Waals surface area contributed by atoms with Gasteiger partial charge in [0.1, 0.15) is 11.2 Å². The number of hydrogen-bond acceptors (Lipinski definition) is 2. The summed E-state index contributed by atoms with van der Waals surface area (Å²) >= 11 is 1.83. The first-order chi connectivity index (χ1) is 23.3. The maximum absolute atomic E-state index is 6.51. The molecule has 0 fully saturated rings. The molecule has 0 aliphatic carbocycles. The van der Waals surface area contributed by atoms with E-state index in [4.69, 9.17) is 4.42 Å². The van der Waals surface area contributed by atoms with Crippen molar-refractivity contribution < 1.29 is 4.42 Å². The Balaban J connectivity index is 1.20.